The lowest BCUT2D eigenvalue weighted by molar-refractivity contribution is -0.114. The number of Topliss-reactive ketones (excluding diaryl/α,β-unsaturated/α-hetero) is 1. The first-order valence-corrected chi connectivity index (χ1v) is 7.63. The number of para-hydroxylation sites is 1. The highest BCUT2D eigenvalue weighted by atomic mass is 19.1. The monoisotopic (exact) mass is 358 g/mol. The van der Waals surface area contributed by atoms with E-state index in [2.05, 4.69) is 10.6 Å². The number of nitrogens with one attached hydrogen (secondary N) is 2. The number of amides is 2. The Morgan fingerprint density at radius 2 is 1.46 bits per heavy atom. The van der Waals surface area contributed by atoms with Crippen LogP contribution in [0.15, 0.2) is 54.1 Å². The molecule has 0 aliphatic rings. The van der Waals surface area contributed by atoms with Crippen LogP contribution in [0.2, 0.25) is 0 Å². The maximum atomic E-state index is 13.5. The lowest BCUT2D eigenvalue weighted by atomic mass is 10.1. The van der Waals surface area contributed by atoms with Gasteiger partial charge in [0.25, 0.3) is 5.91 Å². The highest BCUT2D eigenvalue weighted by Crippen LogP contribution is 2.18. The second-order valence-corrected chi connectivity index (χ2v) is 5.50. The van der Waals surface area contributed by atoms with Gasteiger partial charge in [-0.2, -0.15) is 0 Å². The van der Waals surface area contributed by atoms with E-state index < -0.39 is 29.1 Å². The molecule has 0 aliphatic heterocycles. The molecule has 7 heteroatoms. The van der Waals surface area contributed by atoms with Crippen molar-refractivity contribution in [3.63, 3.8) is 0 Å². The third kappa shape index (κ3) is 4.83. The third-order valence-electron chi connectivity index (χ3n) is 3.47. The van der Waals surface area contributed by atoms with E-state index in [4.69, 9.17) is 0 Å². The number of benzene rings is 2. The van der Waals surface area contributed by atoms with Gasteiger partial charge in [-0.1, -0.05) is 6.07 Å². The van der Waals surface area contributed by atoms with Crippen molar-refractivity contribution in [3.05, 3.63) is 71.3 Å². The van der Waals surface area contributed by atoms with Crippen molar-refractivity contribution in [1.82, 2.24) is 0 Å². The molecular weight excluding hydrogens is 342 g/mol. The summed E-state index contributed by atoms with van der Waals surface area (Å²) in [6.45, 7) is 2.77. The summed E-state index contributed by atoms with van der Waals surface area (Å²) in [6.07, 6.45) is 1.01. The molecule has 0 bridgehead atoms. The number of hydrogen-bond acceptors (Lipinski definition) is 3. The van der Waals surface area contributed by atoms with Crippen LogP contribution >= 0.6 is 0 Å². The van der Waals surface area contributed by atoms with Crippen molar-refractivity contribution in [2.45, 2.75) is 13.8 Å². The lowest BCUT2D eigenvalue weighted by Crippen LogP contribution is -2.17. The Hall–Kier alpha value is -3.35. The third-order valence-corrected chi connectivity index (χ3v) is 3.47. The number of anilines is 2. The second-order valence-electron chi connectivity index (χ2n) is 5.50. The number of carbonyl (C=O) groups is 3. The normalized spacial score (nSPS) is 11.0. The molecule has 2 amide bonds. The van der Waals surface area contributed by atoms with Crippen molar-refractivity contribution in [2.75, 3.05) is 10.6 Å². The average molecular weight is 358 g/mol. The lowest BCUT2D eigenvalue weighted by Gasteiger charge is -2.08. The number of ketones is 1. The fourth-order valence-electron chi connectivity index (χ4n) is 2.06. The van der Waals surface area contributed by atoms with Crippen LogP contribution in [0.4, 0.5) is 20.2 Å². The van der Waals surface area contributed by atoms with E-state index in [0.717, 1.165) is 18.2 Å². The zero-order valence-corrected chi connectivity index (χ0v) is 14.1. The molecule has 0 saturated carbocycles. The highest BCUT2D eigenvalue weighted by Gasteiger charge is 2.14. The van der Waals surface area contributed by atoms with Gasteiger partial charge in [-0.25, -0.2) is 8.78 Å². The molecule has 2 rings (SSSR count). The molecular formula is C19H16F2N2O3. The summed E-state index contributed by atoms with van der Waals surface area (Å²) in [5.74, 6) is -3.34. The van der Waals surface area contributed by atoms with Gasteiger partial charge in [0.05, 0.1) is 0 Å². The minimum Gasteiger partial charge on any atom is -0.323 e. The molecule has 0 spiro atoms. The molecule has 0 unspecified atom stereocenters. The van der Waals surface area contributed by atoms with Gasteiger partial charge in [0.2, 0.25) is 5.91 Å². The number of carbonyl (C=O) groups excluding carboxylic acids is 3. The van der Waals surface area contributed by atoms with Crippen LogP contribution in [0, 0.1) is 11.6 Å². The molecule has 2 aromatic rings. The van der Waals surface area contributed by atoms with Crippen LogP contribution in [-0.2, 0) is 9.59 Å². The van der Waals surface area contributed by atoms with Crippen LogP contribution in [-0.4, -0.2) is 17.6 Å². The van der Waals surface area contributed by atoms with Crippen LogP contribution < -0.4 is 10.6 Å². The largest absolute Gasteiger partial charge is 0.323 e. The minimum atomic E-state index is -0.916. The van der Waals surface area contributed by atoms with Crippen LogP contribution in [0.3, 0.4) is 0 Å². The van der Waals surface area contributed by atoms with Crippen LogP contribution in [0.1, 0.15) is 24.2 Å². The predicted molar refractivity (Wildman–Crippen MR) is 93.8 cm³/mol. The molecule has 2 aromatic carbocycles. The van der Waals surface area contributed by atoms with E-state index in [9.17, 15) is 23.2 Å². The van der Waals surface area contributed by atoms with Gasteiger partial charge in [0.1, 0.15) is 17.3 Å². The summed E-state index contributed by atoms with van der Waals surface area (Å²) < 4.78 is 27.1. The first kappa shape index (κ1) is 19.0. The molecule has 134 valence electrons. The highest BCUT2D eigenvalue weighted by molar-refractivity contribution is 6.10. The van der Waals surface area contributed by atoms with Crippen molar-refractivity contribution >= 4 is 29.0 Å². The van der Waals surface area contributed by atoms with Gasteiger partial charge >= 0.3 is 0 Å². The van der Waals surface area contributed by atoms with E-state index in [-0.39, 0.29) is 11.4 Å². The van der Waals surface area contributed by atoms with Crippen molar-refractivity contribution in [1.29, 1.82) is 0 Å². The SMILES string of the molecule is CC(=O)c1ccc(NC(=O)/C=C(/C)C(=O)Nc2c(F)cccc2F)cc1. The van der Waals surface area contributed by atoms with Crippen LogP contribution in [0.25, 0.3) is 0 Å². The van der Waals surface area contributed by atoms with Gasteiger partial charge in [0.15, 0.2) is 5.78 Å². The van der Waals surface area contributed by atoms with E-state index in [0.29, 0.717) is 11.3 Å². The predicted octanol–water partition coefficient (Wildman–Crippen LogP) is 3.69. The Labute approximate surface area is 148 Å². The van der Waals surface area contributed by atoms with Gasteiger partial charge in [-0.05, 0) is 50.2 Å². The number of halogens is 2. The molecule has 0 aromatic heterocycles. The molecule has 0 aliphatic carbocycles. The van der Waals surface area contributed by atoms with Crippen molar-refractivity contribution < 1.29 is 23.2 Å². The zero-order chi connectivity index (χ0) is 19.3. The molecule has 26 heavy (non-hydrogen) atoms. The molecule has 0 atom stereocenters. The van der Waals surface area contributed by atoms with Gasteiger partial charge in [0, 0.05) is 22.9 Å². The molecule has 0 saturated heterocycles. The van der Waals surface area contributed by atoms with E-state index in [1.54, 1.807) is 24.3 Å². The quantitative estimate of drug-likeness (QED) is 0.632. The van der Waals surface area contributed by atoms with E-state index >= 15 is 0 Å². The summed E-state index contributed by atoms with van der Waals surface area (Å²) in [5, 5.41) is 4.62. The molecule has 0 fully saturated rings. The first-order chi connectivity index (χ1) is 12.3. The standard InChI is InChI=1S/C19H16F2N2O3/c1-11(19(26)23-18-15(20)4-3-5-16(18)21)10-17(25)22-14-8-6-13(7-9-14)12(2)24/h3-10H,1-2H3,(H,22,25)(H,23,26)/b11-10-. The Bertz CT molecular complexity index is 870. The van der Waals surface area contributed by atoms with Gasteiger partial charge in [-0.15, -0.1) is 0 Å². The molecule has 0 heterocycles. The summed E-state index contributed by atoms with van der Waals surface area (Å²) >= 11 is 0. The zero-order valence-electron chi connectivity index (χ0n) is 14.1. The topological polar surface area (TPSA) is 75.3 Å². The summed E-state index contributed by atoms with van der Waals surface area (Å²) in [6, 6.07) is 9.40. The Morgan fingerprint density at radius 1 is 0.885 bits per heavy atom. The van der Waals surface area contributed by atoms with Crippen LogP contribution in [0.5, 0.6) is 0 Å². The maximum Gasteiger partial charge on any atom is 0.251 e. The second kappa shape index (κ2) is 8.15. The van der Waals surface area contributed by atoms with E-state index in [1.165, 1.54) is 19.9 Å². The van der Waals surface area contributed by atoms with Gasteiger partial charge in [-0.3, -0.25) is 14.4 Å². The summed E-state index contributed by atoms with van der Waals surface area (Å²) in [4.78, 5) is 35.1. The summed E-state index contributed by atoms with van der Waals surface area (Å²) in [7, 11) is 0. The average Bonchev–Trinajstić information content (AvgIpc) is 2.58. The Balaban J connectivity index is 2.04. The fourth-order valence-corrected chi connectivity index (χ4v) is 2.06. The fraction of sp³-hybridized carbons (Fsp3) is 0.105. The smallest absolute Gasteiger partial charge is 0.251 e. The van der Waals surface area contributed by atoms with E-state index in [1.807, 2.05) is 0 Å². The number of rotatable bonds is 5. The molecule has 5 nitrogen and oxygen atoms in total. The number of hydrogen-bond donors (Lipinski definition) is 2. The first-order valence-electron chi connectivity index (χ1n) is 7.63. The van der Waals surface area contributed by atoms with Crippen molar-refractivity contribution in [2.24, 2.45) is 0 Å². The Morgan fingerprint density at radius 3 is 2.00 bits per heavy atom. The summed E-state index contributed by atoms with van der Waals surface area (Å²) in [5.41, 5.74) is 0.321. The van der Waals surface area contributed by atoms with Gasteiger partial charge < -0.3 is 10.6 Å². The molecule has 0 radical (unpaired) electrons. The van der Waals surface area contributed by atoms with Crippen molar-refractivity contribution in [3.8, 4) is 0 Å². The Kier molecular flexibility index (Phi) is 5.95. The molecule has 2 N–H and O–H groups in total. The minimum absolute atomic E-state index is 0.0366. The maximum absolute atomic E-state index is 13.5.